The summed E-state index contributed by atoms with van der Waals surface area (Å²) in [6.07, 6.45) is 0. The minimum Gasteiger partial charge on any atom is -0.454 e. The highest BCUT2D eigenvalue weighted by atomic mass is 32.2. The van der Waals surface area contributed by atoms with Crippen LogP contribution in [-0.2, 0) is 17.9 Å². The monoisotopic (exact) mass is 465 g/mol. The Morgan fingerprint density at radius 2 is 1.94 bits per heavy atom. The van der Waals surface area contributed by atoms with Gasteiger partial charge in [-0.25, -0.2) is 4.98 Å². The molecule has 2 aromatic carbocycles. The Balaban J connectivity index is 1.36. The first kappa shape index (κ1) is 20.6. The van der Waals surface area contributed by atoms with Crippen molar-refractivity contribution in [2.75, 3.05) is 12.5 Å². The van der Waals surface area contributed by atoms with Gasteiger partial charge in [-0.2, -0.15) is 0 Å². The largest absolute Gasteiger partial charge is 0.454 e. The first-order valence-corrected chi connectivity index (χ1v) is 11.8. The second-order valence-corrected chi connectivity index (χ2v) is 9.02. The van der Waals surface area contributed by atoms with E-state index in [0.29, 0.717) is 40.0 Å². The van der Waals surface area contributed by atoms with Crippen molar-refractivity contribution in [3.8, 4) is 11.5 Å². The van der Waals surface area contributed by atoms with Crippen LogP contribution < -0.4 is 20.3 Å². The van der Waals surface area contributed by atoms with E-state index in [0.717, 1.165) is 11.1 Å². The zero-order valence-corrected chi connectivity index (χ0v) is 18.6. The molecule has 1 amide bonds. The molecule has 0 radical (unpaired) electrons. The third-order valence-corrected chi connectivity index (χ3v) is 6.84. The molecule has 0 aliphatic carbocycles. The number of hydrogen-bond donors (Lipinski definition) is 1. The van der Waals surface area contributed by atoms with Gasteiger partial charge >= 0.3 is 0 Å². The Bertz CT molecular complexity index is 1330. The van der Waals surface area contributed by atoms with Crippen LogP contribution in [0.15, 0.2) is 69.9 Å². The second kappa shape index (κ2) is 9.05. The topological polar surface area (TPSA) is 82.5 Å². The van der Waals surface area contributed by atoms with Gasteiger partial charge < -0.3 is 14.8 Å². The van der Waals surface area contributed by atoms with Crippen molar-refractivity contribution < 1.29 is 14.3 Å². The minimum atomic E-state index is -0.117. The predicted octanol–water partition coefficient (Wildman–Crippen LogP) is 3.64. The zero-order chi connectivity index (χ0) is 21.9. The number of thiophene rings is 1. The van der Waals surface area contributed by atoms with Gasteiger partial charge in [0.1, 0.15) is 4.70 Å². The number of aromatic nitrogens is 2. The van der Waals surface area contributed by atoms with E-state index in [-0.39, 0.29) is 24.0 Å². The molecule has 0 spiro atoms. The summed E-state index contributed by atoms with van der Waals surface area (Å²) in [7, 11) is 0. The van der Waals surface area contributed by atoms with Crippen LogP contribution in [-0.4, -0.2) is 28.0 Å². The lowest BCUT2D eigenvalue weighted by atomic mass is 10.2. The van der Waals surface area contributed by atoms with E-state index in [9.17, 15) is 9.59 Å². The Hall–Kier alpha value is -3.30. The van der Waals surface area contributed by atoms with Gasteiger partial charge in [0.25, 0.3) is 5.56 Å². The molecule has 0 fully saturated rings. The maximum atomic E-state index is 13.2. The first-order chi connectivity index (χ1) is 15.7. The molecule has 9 heteroatoms. The summed E-state index contributed by atoms with van der Waals surface area (Å²) in [6, 6.07) is 17.2. The van der Waals surface area contributed by atoms with Crippen molar-refractivity contribution in [2.45, 2.75) is 18.2 Å². The summed E-state index contributed by atoms with van der Waals surface area (Å²) in [5.74, 6) is 1.40. The summed E-state index contributed by atoms with van der Waals surface area (Å²) in [6.45, 7) is 0.978. The van der Waals surface area contributed by atoms with Gasteiger partial charge in [-0.05, 0) is 34.7 Å². The third-order valence-electron chi connectivity index (χ3n) is 4.97. The molecule has 32 heavy (non-hydrogen) atoms. The SMILES string of the molecule is O=C(CSc1nc2ccsc2c(=O)n1Cc1ccc2c(c1)OCO2)NCc1ccccc1. The number of nitrogens with one attached hydrogen (secondary N) is 1. The maximum Gasteiger partial charge on any atom is 0.272 e. The van der Waals surface area contributed by atoms with Crippen LogP contribution in [0.25, 0.3) is 10.2 Å². The molecule has 0 bridgehead atoms. The number of carbonyl (C=O) groups excluding carboxylic acids is 1. The van der Waals surface area contributed by atoms with Crippen molar-refractivity contribution in [1.82, 2.24) is 14.9 Å². The fourth-order valence-corrected chi connectivity index (χ4v) is 4.98. The molecule has 1 N–H and O–H groups in total. The van der Waals surface area contributed by atoms with Gasteiger partial charge in [0.05, 0.1) is 17.8 Å². The van der Waals surface area contributed by atoms with E-state index in [4.69, 9.17) is 9.47 Å². The number of fused-ring (bicyclic) bond motifs is 2. The normalized spacial score (nSPS) is 12.2. The molecule has 1 aliphatic heterocycles. The molecule has 5 rings (SSSR count). The Morgan fingerprint density at radius 1 is 1.09 bits per heavy atom. The first-order valence-electron chi connectivity index (χ1n) is 9.97. The Labute approximate surface area is 192 Å². The number of amides is 1. The fraction of sp³-hybridized carbons (Fsp3) is 0.174. The second-order valence-electron chi connectivity index (χ2n) is 7.16. The average molecular weight is 466 g/mol. The molecule has 0 saturated carbocycles. The van der Waals surface area contributed by atoms with Crippen molar-refractivity contribution >= 4 is 39.2 Å². The summed E-state index contributed by atoms with van der Waals surface area (Å²) >= 11 is 2.62. The highest BCUT2D eigenvalue weighted by Gasteiger charge is 2.17. The van der Waals surface area contributed by atoms with E-state index < -0.39 is 0 Å². The van der Waals surface area contributed by atoms with Crippen molar-refractivity contribution in [1.29, 1.82) is 0 Å². The molecule has 162 valence electrons. The van der Waals surface area contributed by atoms with Gasteiger partial charge in [-0.3, -0.25) is 14.2 Å². The lowest BCUT2D eigenvalue weighted by Gasteiger charge is -2.12. The summed E-state index contributed by atoms with van der Waals surface area (Å²) < 4.78 is 13.0. The number of thioether (sulfide) groups is 1. The molecule has 0 unspecified atom stereocenters. The van der Waals surface area contributed by atoms with E-state index >= 15 is 0 Å². The molecular formula is C23H19N3O4S2. The van der Waals surface area contributed by atoms with E-state index in [1.54, 1.807) is 4.57 Å². The molecule has 0 atom stereocenters. The number of rotatable bonds is 7. The molecule has 7 nitrogen and oxygen atoms in total. The zero-order valence-electron chi connectivity index (χ0n) is 16.9. The van der Waals surface area contributed by atoms with Crippen LogP contribution >= 0.6 is 23.1 Å². The van der Waals surface area contributed by atoms with Gasteiger partial charge in [-0.15, -0.1) is 11.3 Å². The number of carbonyl (C=O) groups is 1. The predicted molar refractivity (Wildman–Crippen MR) is 125 cm³/mol. The summed E-state index contributed by atoms with van der Waals surface area (Å²) in [5, 5.41) is 5.27. The molecule has 3 heterocycles. The van der Waals surface area contributed by atoms with Crippen molar-refractivity contribution in [3.05, 3.63) is 81.5 Å². The quantitative estimate of drug-likeness (QED) is 0.331. The summed E-state index contributed by atoms with van der Waals surface area (Å²) in [4.78, 5) is 30.2. The lowest BCUT2D eigenvalue weighted by molar-refractivity contribution is -0.118. The van der Waals surface area contributed by atoms with Crippen LogP contribution in [0.3, 0.4) is 0 Å². The lowest BCUT2D eigenvalue weighted by Crippen LogP contribution is -2.26. The van der Waals surface area contributed by atoms with Gasteiger partial charge in [-0.1, -0.05) is 48.2 Å². The standard InChI is InChI=1S/C23H19N3O4S2/c27-20(24-11-15-4-2-1-3-5-15)13-32-23-25-17-8-9-31-21(17)22(28)26(23)12-16-6-7-18-19(10-16)30-14-29-18/h1-10H,11-14H2,(H,24,27). The van der Waals surface area contributed by atoms with Crippen LogP contribution in [0.1, 0.15) is 11.1 Å². The number of hydrogen-bond acceptors (Lipinski definition) is 7. The van der Waals surface area contributed by atoms with Crippen molar-refractivity contribution in [3.63, 3.8) is 0 Å². The Morgan fingerprint density at radius 3 is 2.81 bits per heavy atom. The molecule has 1 aliphatic rings. The van der Waals surface area contributed by atoms with Crippen LogP contribution in [0, 0.1) is 0 Å². The molecular weight excluding hydrogens is 446 g/mol. The van der Waals surface area contributed by atoms with Gasteiger partial charge in [0.15, 0.2) is 16.7 Å². The van der Waals surface area contributed by atoms with Crippen LogP contribution in [0.4, 0.5) is 0 Å². The van der Waals surface area contributed by atoms with E-state index in [1.807, 2.05) is 60.0 Å². The number of ether oxygens (including phenoxy) is 2. The average Bonchev–Trinajstić information content (AvgIpc) is 3.48. The highest BCUT2D eigenvalue weighted by Crippen LogP contribution is 2.33. The van der Waals surface area contributed by atoms with Crippen LogP contribution in [0.5, 0.6) is 11.5 Å². The van der Waals surface area contributed by atoms with E-state index in [1.165, 1.54) is 23.1 Å². The highest BCUT2D eigenvalue weighted by molar-refractivity contribution is 7.99. The summed E-state index contributed by atoms with van der Waals surface area (Å²) in [5.41, 5.74) is 2.46. The van der Waals surface area contributed by atoms with Crippen molar-refractivity contribution in [2.24, 2.45) is 0 Å². The minimum absolute atomic E-state index is 0.116. The van der Waals surface area contributed by atoms with Gasteiger partial charge in [0.2, 0.25) is 12.7 Å². The number of benzene rings is 2. The molecule has 2 aromatic heterocycles. The van der Waals surface area contributed by atoms with Gasteiger partial charge in [0, 0.05) is 6.54 Å². The third kappa shape index (κ3) is 4.35. The Kier molecular flexibility index (Phi) is 5.83. The smallest absolute Gasteiger partial charge is 0.272 e. The molecule has 0 saturated heterocycles. The van der Waals surface area contributed by atoms with E-state index in [2.05, 4.69) is 10.3 Å². The molecule has 4 aromatic rings. The fourth-order valence-electron chi connectivity index (χ4n) is 3.37. The number of nitrogens with zero attached hydrogens (tertiary/aromatic N) is 2. The maximum absolute atomic E-state index is 13.2. The van der Waals surface area contributed by atoms with Crippen LogP contribution in [0.2, 0.25) is 0 Å².